The number of nitro benzene ring substituents is 1. The summed E-state index contributed by atoms with van der Waals surface area (Å²) in [6.07, 6.45) is 0. The van der Waals surface area contributed by atoms with E-state index in [0.717, 1.165) is 19.1 Å². The average molecular weight is 502 g/mol. The van der Waals surface area contributed by atoms with E-state index in [1.54, 1.807) is 0 Å². The molecule has 188 valence electrons. The number of nitro groups is 1. The van der Waals surface area contributed by atoms with Crippen molar-refractivity contribution in [3.63, 3.8) is 0 Å². The van der Waals surface area contributed by atoms with Crippen molar-refractivity contribution in [2.45, 2.75) is 45.4 Å². The van der Waals surface area contributed by atoms with Gasteiger partial charge in [-0.3, -0.25) is 29.3 Å². The lowest BCUT2D eigenvalue weighted by Gasteiger charge is -2.26. The molecule has 0 aliphatic rings. The van der Waals surface area contributed by atoms with Gasteiger partial charge in [-0.2, -0.15) is 0 Å². The number of benzene rings is 1. The maximum absolute atomic E-state index is 12.7. The standard InChI is InChI=1S/C22H28ClNO10/c1-6-31-18(25)16(19(26)32-7-2)17(23)13-10-11-14(15(12-13)24(29)30)22(5,20(27)33-8-3)21(28)34-9-4/h10-12,16-17H,6-9H2,1-5H3. The Labute approximate surface area is 201 Å². The predicted octanol–water partition coefficient (Wildman–Crippen LogP) is 3.00. The monoisotopic (exact) mass is 501 g/mol. The van der Waals surface area contributed by atoms with E-state index in [4.69, 9.17) is 30.5 Å². The summed E-state index contributed by atoms with van der Waals surface area (Å²) in [5.74, 6) is -5.61. The Kier molecular flexibility index (Phi) is 10.9. The van der Waals surface area contributed by atoms with E-state index in [2.05, 4.69) is 0 Å². The van der Waals surface area contributed by atoms with Gasteiger partial charge >= 0.3 is 23.9 Å². The smallest absolute Gasteiger partial charge is 0.328 e. The Hall–Kier alpha value is -3.21. The fourth-order valence-electron chi connectivity index (χ4n) is 3.14. The Balaban J connectivity index is 3.67. The van der Waals surface area contributed by atoms with Crippen molar-refractivity contribution in [1.82, 2.24) is 0 Å². The molecule has 0 amide bonds. The van der Waals surface area contributed by atoms with Crippen LogP contribution < -0.4 is 0 Å². The summed E-state index contributed by atoms with van der Waals surface area (Å²) in [5, 5.41) is 10.5. The van der Waals surface area contributed by atoms with Gasteiger partial charge in [0, 0.05) is 6.07 Å². The van der Waals surface area contributed by atoms with Crippen molar-refractivity contribution >= 4 is 41.2 Å². The van der Waals surface area contributed by atoms with Crippen LogP contribution in [0.3, 0.4) is 0 Å². The van der Waals surface area contributed by atoms with Crippen LogP contribution in [-0.2, 0) is 43.5 Å². The third kappa shape index (κ3) is 6.22. The highest BCUT2D eigenvalue weighted by molar-refractivity contribution is 6.24. The number of carbonyl (C=O) groups excluding carboxylic acids is 4. The van der Waals surface area contributed by atoms with Crippen LogP contribution in [0.1, 0.15) is 51.1 Å². The van der Waals surface area contributed by atoms with Gasteiger partial charge in [-0.15, -0.1) is 11.6 Å². The predicted molar refractivity (Wildman–Crippen MR) is 119 cm³/mol. The summed E-state index contributed by atoms with van der Waals surface area (Å²) in [5.41, 5.74) is -3.11. The summed E-state index contributed by atoms with van der Waals surface area (Å²) in [4.78, 5) is 61.3. The number of alkyl halides is 1. The zero-order chi connectivity index (χ0) is 26.1. The highest BCUT2D eigenvalue weighted by Crippen LogP contribution is 2.39. The Morgan fingerprint density at radius 3 is 1.74 bits per heavy atom. The van der Waals surface area contributed by atoms with Crippen LogP contribution in [0.15, 0.2) is 18.2 Å². The third-order valence-electron chi connectivity index (χ3n) is 4.82. The van der Waals surface area contributed by atoms with Crippen molar-refractivity contribution < 1.29 is 43.0 Å². The molecule has 0 N–H and O–H groups in total. The Morgan fingerprint density at radius 2 is 1.35 bits per heavy atom. The molecule has 1 unspecified atom stereocenters. The molecule has 11 nitrogen and oxygen atoms in total. The minimum Gasteiger partial charge on any atom is -0.465 e. The topological polar surface area (TPSA) is 148 Å². The second-order valence-electron chi connectivity index (χ2n) is 6.98. The van der Waals surface area contributed by atoms with Crippen molar-refractivity contribution in [3.8, 4) is 0 Å². The van der Waals surface area contributed by atoms with Gasteiger partial charge < -0.3 is 18.9 Å². The molecule has 12 heteroatoms. The van der Waals surface area contributed by atoms with Crippen molar-refractivity contribution in [1.29, 1.82) is 0 Å². The zero-order valence-corrected chi connectivity index (χ0v) is 20.4. The van der Waals surface area contributed by atoms with E-state index in [0.29, 0.717) is 0 Å². The van der Waals surface area contributed by atoms with Crippen molar-refractivity contribution in [3.05, 3.63) is 39.4 Å². The van der Waals surface area contributed by atoms with E-state index >= 15 is 0 Å². The lowest BCUT2D eigenvalue weighted by atomic mass is 9.80. The molecule has 34 heavy (non-hydrogen) atoms. The number of nitrogens with zero attached hydrogens (tertiary/aromatic N) is 1. The first-order valence-corrected chi connectivity index (χ1v) is 11.0. The fourth-order valence-corrected chi connectivity index (χ4v) is 3.48. The molecule has 0 saturated heterocycles. The average Bonchev–Trinajstić information content (AvgIpc) is 2.78. The molecule has 1 rings (SSSR count). The lowest BCUT2D eigenvalue weighted by molar-refractivity contribution is -0.386. The Bertz CT molecular complexity index is 896. The fraction of sp³-hybridized carbons (Fsp3) is 0.545. The van der Waals surface area contributed by atoms with Crippen LogP contribution in [0.2, 0.25) is 0 Å². The maximum atomic E-state index is 12.7. The highest BCUT2D eigenvalue weighted by atomic mass is 35.5. The molecule has 0 aromatic heterocycles. The van der Waals surface area contributed by atoms with Crippen LogP contribution in [0.4, 0.5) is 5.69 Å². The van der Waals surface area contributed by atoms with Crippen molar-refractivity contribution in [2.75, 3.05) is 26.4 Å². The SMILES string of the molecule is CCOC(=O)C(C(=O)OCC)C(Cl)c1ccc(C(C)(C(=O)OCC)C(=O)OCC)c([N+](=O)[O-])c1. The van der Waals surface area contributed by atoms with Gasteiger partial charge in [0.2, 0.25) is 0 Å². The molecule has 0 aliphatic carbocycles. The van der Waals surface area contributed by atoms with E-state index in [1.807, 2.05) is 0 Å². The second-order valence-corrected chi connectivity index (χ2v) is 7.45. The molecule has 0 saturated carbocycles. The number of esters is 4. The largest absolute Gasteiger partial charge is 0.465 e. The van der Waals surface area contributed by atoms with E-state index < -0.39 is 51.2 Å². The van der Waals surface area contributed by atoms with Crippen LogP contribution >= 0.6 is 11.6 Å². The van der Waals surface area contributed by atoms with E-state index in [9.17, 15) is 29.3 Å². The van der Waals surface area contributed by atoms with Gasteiger partial charge in [0.15, 0.2) is 11.3 Å². The quantitative estimate of drug-likeness (QED) is 0.104. The summed E-state index contributed by atoms with van der Waals surface area (Å²) >= 11 is 6.39. The number of ether oxygens (including phenoxy) is 4. The third-order valence-corrected chi connectivity index (χ3v) is 5.32. The summed E-state index contributed by atoms with van der Waals surface area (Å²) < 4.78 is 19.8. The second kappa shape index (κ2) is 12.9. The normalized spacial score (nSPS) is 12.0. The number of hydrogen-bond donors (Lipinski definition) is 0. The minimum absolute atomic E-state index is 0.00158. The summed E-state index contributed by atoms with van der Waals surface area (Å²) in [7, 11) is 0. The van der Waals surface area contributed by atoms with Crippen LogP contribution in [-0.4, -0.2) is 55.2 Å². The first-order valence-electron chi connectivity index (χ1n) is 10.6. The Morgan fingerprint density at radius 1 is 0.912 bits per heavy atom. The molecule has 1 aromatic carbocycles. The number of carbonyl (C=O) groups is 4. The molecule has 0 heterocycles. The van der Waals surface area contributed by atoms with Gasteiger partial charge in [0.1, 0.15) is 0 Å². The summed E-state index contributed by atoms with van der Waals surface area (Å²) in [6.45, 7) is 7.04. The van der Waals surface area contributed by atoms with Gasteiger partial charge in [-0.05, 0) is 40.2 Å². The van der Waals surface area contributed by atoms with Crippen LogP contribution in [0.5, 0.6) is 0 Å². The number of hydrogen-bond acceptors (Lipinski definition) is 10. The minimum atomic E-state index is -2.16. The molecular formula is C22H28ClNO10. The molecular weight excluding hydrogens is 474 g/mol. The molecule has 0 fully saturated rings. The van der Waals surface area contributed by atoms with Gasteiger partial charge in [0.25, 0.3) is 5.69 Å². The van der Waals surface area contributed by atoms with Gasteiger partial charge in [-0.1, -0.05) is 12.1 Å². The summed E-state index contributed by atoms with van der Waals surface area (Å²) in [6, 6.07) is 3.39. The van der Waals surface area contributed by atoms with Gasteiger partial charge in [-0.25, -0.2) is 0 Å². The lowest BCUT2D eigenvalue weighted by Crippen LogP contribution is -2.44. The van der Waals surface area contributed by atoms with Gasteiger partial charge in [0.05, 0.1) is 42.3 Å². The molecule has 0 aliphatic heterocycles. The molecule has 1 aromatic rings. The molecule has 1 atom stereocenters. The maximum Gasteiger partial charge on any atom is 0.328 e. The van der Waals surface area contributed by atoms with Crippen LogP contribution in [0, 0.1) is 16.0 Å². The number of halogens is 1. The van der Waals surface area contributed by atoms with Crippen LogP contribution in [0.25, 0.3) is 0 Å². The van der Waals surface area contributed by atoms with Crippen molar-refractivity contribution in [2.24, 2.45) is 5.92 Å². The molecule has 0 bridgehead atoms. The molecule has 0 spiro atoms. The first-order chi connectivity index (χ1) is 16.0. The van der Waals surface area contributed by atoms with E-state index in [1.165, 1.54) is 33.8 Å². The molecule has 0 radical (unpaired) electrons. The highest BCUT2D eigenvalue weighted by Gasteiger charge is 2.50. The first kappa shape index (κ1) is 28.8. The zero-order valence-electron chi connectivity index (χ0n) is 19.6. The number of rotatable bonds is 12. The van der Waals surface area contributed by atoms with E-state index in [-0.39, 0.29) is 37.6 Å².